The molecular weight excluding hydrogens is 374 g/mol. The molecule has 1 aromatic carbocycles. The molecule has 3 rings (SSSR count). The van der Waals surface area contributed by atoms with Crippen molar-refractivity contribution in [1.29, 1.82) is 0 Å². The Morgan fingerprint density at radius 3 is 2.88 bits per heavy atom. The number of benzene rings is 1. The van der Waals surface area contributed by atoms with Gasteiger partial charge in [0.15, 0.2) is 6.10 Å². The standard InChI is InChI=1S/C17H18BrN3O3/c1-10(16(22)20-13-7-5-12(18)6-8-13)24-17(23)14-4-2-3-11-9-19-21-15(11)14/h5-10,14H,2-4H2,1H3,(H,19,21)(H,20,22)/t10-,14+/m0/s1. The van der Waals surface area contributed by atoms with Gasteiger partial charge in [-0.25, -0.2) is 0 Å². The number of aryl methyl sites for hydroxylation is 1. The van der Waals surface area contributed by atoms with E-state index in [4.69, 9.17) is 4.74 Å². The lowest BCUT2D eigenvalue weighted by molar-refractivity contribution is -0.155. The molecule has 24 heavy (non-hydrogen) atoms. The summed E-state index contributed by atoms with van der Waals surface area (Å²) in [6, 6.07) is 7.20. The number of aromatic nitrogens is 2. The summed E-state index contributed by atoms with van der Waals surface area (Å²) >= 11 is 3.34. The highest BCUT2D eigenvalue weighted by molar-refractivity contribution is 9.10. The molecule has 0 radical (unpaired) electrons. The lowest BCUT2D eigenvalue weighted by atomic mass is 9.88. The molecule has 0 fully saturated rings. The van der Waals surface area contributed by atoms with Gasteiger partial charge in [0, 0.05) is 10.2 Å². The fourth-order valence-corrected chi connectivity index (χ4v) is 3.05. The Morgan fingerprint density at radius 1 is 1.38 bits per heavy atom. The molecule has 1 amide bonds. The highest BCUT2D eigenvalue weighted by Gasteiger charge is 2.31. The molecule has 1 aliphatic rings. The van der Waals surface area contributed by atoms with Crippen molar-refractivity contribution in [3.8, 4) is 0 Å². The van der Waals surface area contributed by atoms with Crippen LogP contribution in [0.1, 0.15) is 36.9 Å². The van der Waals surface area contributed by atoms with Crippen LogP contribution in [0.5, 0.6) is 0 Å². The Hall–Kier alpha value is -2.15. The van der Waals surface area contributed by atoms with Gasteiger partial charge >= 0.3 is 5.97 Å². The van der Waals surface area contributed by atoms with Crippen LogP contribution < -0.4 is 5.32 Å². The summed E-state index contributed by atoms with van der Waals surface area (Å²) in [6.07, 6.45) is 3.41. The minimum atomic E-state index is -0.866. The smallest absolute Gasteiger partial charge is 0.315 e. The van der Waals surface area contributed by atoms with Gasteiger partial charge in [-0.2, -0.15) is 5.10 Å². The Balaban J connectivity index is 1.60. The average Bonchev–Trinajstić information content (AvgIpc) is 3.05. The number of anilines is 1. The molecule has 1 aliphatic carbocycles. The predicted molar refractivity (Wildman–Crippen MR) is 92.6 cm³/mol. The maximum absolute atomic E-state index is 12.4. The third kappa shape index (κ3) is 3.67. The highest BCUT2D eigenvalue weighted by Crippen LogP contribution is 2.31. The van der Waals surface area contributed by atoms with E-state index >= 15 is 0 Å². The molecule has 2 aromatic rings. The quantitative estimate of drug-likeness (QED) is 0.783. The first-order valence-corrected chi connectivity index (χ1v) is 8.63. The van der Waals surface area contributed by atoms with E-state index in [2.05, 4.69) is 31.4 Å². The second-order valence-corrected chi connectivity index (χ2v) is 6.74. The first-order chi connectivity index (χ1) is 11.5. The average molecular weight is 392 g/mol. The normalized spacial score (nSPS) is 17.7. The number of hydrogen-bond donors (Lipinski definition) is 2. The summed E-state index contributed by atoms with van der Waals surface area (Å²) in [5, 5.41) is 9.61. The molecule has 0 unspecified atom stereocenters. The number of nitrogens with zero attached hydrogens (tertiary/aromatic N) is 1. The molecule has 1 heterocycles. The van der Waals surface area contributed by atoms with Crippen LogP contribution in [-0.2, 0) is 20.7 Å². The summed E-state index contributed by atoms with van der Waals surface area (Å²) < 4.78 is 6.29. The van der Waals surface area contributed by atoms with E-state index in [-0.39, 0.29) is 11.8 Å². The van der Waals surface area contributed by atoms with Crippen LogP contribution in [-0.4, -0.2) is 28.2 Å². The van der Waals surface area contributed by atoms with Crippen molar-refractivity contribution in [2.45, 2.75) is 38.2 Å². The van der Waals surface area contributed by atoms with Crippen LogP contribution >= 0.6 is 15.9 Å². The van der Waals surface area contributed by atoms with E-state index < -0.39 is 12.1 Å². The number of rotatable bonds is 4. The third-order valence-corrected chi connectivity index (χ3v) is 4.63. The lowest BCUT2D eigenvalue weighted by Crippen LogP contribution is -2.32. The van der Waals surface area contributed by atoms with E-state index in [9.17, 15) is 9.59 Å². The van der Waals surface area contributed by atoms with Crippen LogP contribution in [0, 0.1) is 0 Å². The number of amides is 1. The highest BCUT2D eigenvalue weighted by atomic mass is 79.9. The van der Waals surface area contributed by atoms with E-state index in [1.54, 1.807) is 25.3 Å². The number of carbonyl (C=O) groups is 2. The summed E-state index contributed by atoms with van der Waals surface area (Å²) in [5.74, 6) is -1.12. The summed E-state index contributed by atoms with van der Waals surface area (Å²) in [7, 11) is 0. The molecule has 0 saturated carbocycles. The van der Waals surface area contributed by atoms with Gasteiger partial charge in [-0.15, -0.1) is 0 Å². The van der Waals surface area contributed by atoms with Gasteiger partial charge in [0.1, 0.15) is 0 Å². The molecule has 2 atom stereocenters. The summed E-state index contributed by atoms with van der Waals surface area (Å²) in [5.41, 5.74) is 2.52. The van der Waals surface area contributed by atoms with Gasteiger partial charge in [-0.3, -0.25) is 14.7 Å². The van der Waals surface area contributed by atoms with Gasteiger partial charge in [-0.05, 0) is 56.0 Å². The van der Waals surface area contributed by atoms with Gasteiger partial charge in [0.05, 0.1) is 17.8 Å². The largest absolute Gasteiger partial charge is 0.452 e. The van der Waals surface area contributed by atoms with Gasteiger partial charge in [-0.1, -0.05) is 15.9 Å². The minimum Gasteiger partial charge on any atom is -0.452 e. The second-order valence-electron chi connectivity index (χ2n) is 5.83. The van der Waals surface area contributed by atoms with E-state index in [1.165, 1.54) is 0 Å². The van der Waals surface area contributed by atoms with Crippen molar-refractivity contribution < 1.29 is 14.3 Å². The number of carbonyl (C=O) groups excluding carboxylic acids is 2. The SMILES string of the molecule is C[C@H](OC(=O)[C@@H]1CCCc2cn[nH]c21)C(=O)Nc1ccc(Br)cc1. The third-order valence-electron chi connectivity index (χ3n) is 4.10. The number of hydrogen-bond acceptors (Lipinski definition) is 4. The zero-order chi connectivity index (χ0) is 17.1. The molecular formula is C17H18BrN3O3. The number of aromatic amines is 1. The first kappa shape index (κ1) is 16.7. The maximum atomic E-state index is 12.4. The number of ether oxygens (including phenoxy) is 1. The van der Waals surface area contributed by atoms with E-state index in [1.807, 2.05) is 12.1 Å². The van der Waals surface area contributed by atoms with E-state index in [0.29, 0.717) is 12.1 Å². The monoisotopic (exact) mass is 391 g/mol. The Kier molecular flexibility index (Phi) is 4.99. The van der Waals surface area contributed by atoms with Crippen molar-refractivity contribution >= 4 is 33.5 Å². The fourth-order valence-electron chi connectivity index (χ4n) is 2.79. The van der Waals surface area contributed by atoms with E-state index in [0.717, 1.165) is 28.6 Å². The number of nitrogens with one attached hydrogen (secondary N) is 2. The molecule has 7 heteroatoms. The molecule has 126 valence electrons. The molecule has 0 spiro atoms. The number of fused-ring (bicyclic) bond motifs is 1. The van der Waals surface area contributed by atoms with Crippen LogP contribution in [0.3, 0.4) is 0 Å². The number of halogens is 1. The minimum absolute atomic E-state index is 0.355. The van der Waals surface area contributed by atoms with Gasteiger partial charge in [0.25, 0.3) is 5.91 Å². The predicted octanol–water partition coefficient (Wildman–Crippen LogP) is 3.16. The van der Waals surface area contributed by atoms with Crippen LogP contribution in [0.4, 0.5) is 5.69 Å². The Morgan fingerprint density at radius 2 is 2.12 bits per heavy atom. The Bertz CT molecular complexity index is 742. The second kappa shape index (κ2) is 7.17. The fraction of sp³-hybridized carbons (Fsp3) is 0.353. The first-order valence-electron chi connectivity index (χ1n) is 7.83. The van der Waals surface area contributed by atoms with Crippen molar-refractivity contribution in [2.75, 3.05) is 5.32 Å². The topological polar surface area (TPSA) is 84.1 Å². The molecule has 1 aromatic heterocycles. The zero-order valence-corrected chi connectivity index (χ0v) is 14.8. The van der Waals surface area contributed by atoms with Crippen molar-refractivity contribution in [3.63, 3.8) is 0 Å². The van der Waals surface area contributed by atoms with Gasteiger partial charge < -0.3 is 10.1 Å². The molecule has 6 nitrogen and oxygen atoms in total. The number of esters is 1. The lowest BCUT2D eigenvalue weighted by Gasteiger charge is -2.22. The van der Waals surface area contributed by atoms with Crippen LogP contribution in [0.25, 0.3) is 0 Å². The zero-order valence-electron chi connectivity index (χ0n) is 13.2. The molecule has 0 bridgehead atoms. The summed E-state index contributed by atoms with van der Waals surface area (Å²) in [6.45, 7) is 1.57. The molecule has 0 saturated heterocycles. The van der Waals surface area contributed by atoms with Crippen molar-refractivity contribution in [1.82, 2.24) is 10.2 Å². The van der Waals surface area contributed by atoms with Crippen LogP contribution in [0.15, 0.2) is 34.9 Å². The molecule has 0 aliphatic heterocycles. The van der Waals surface area contributed by atoms with Crippen molar-refractivity contribution in [2.24, 2.45) is 0 Å². The Labute approximate surface area is 148 Å². The summed E-state index contributed by atoms with van der Waals surface area (Å²) in [4.78, 5) is 24.6. The number of H-pyrrole nitrogens is 1. The van der Waals surface area contributed by atoms with Crippen molar-refractivity contribution in [3.05, 3.63) is 46.2 Å². The van der Waals surface area contributed by atoms with Crippen LogP contribution in [0.2, 0.25) is 0 Å². The maximum Gasteiger partial charge on any atom is 0.315 e. The molecule has 2 N–H and O–H groups in total. The van der Waals surface area contributed by atoms with Gasteiger partial charge in [0.2, 0.25) is 0 Å².